The fraction of sp³-hybridized carbons (Fsp3) is 0.556. The number of hydrogen-bond acceptors (Lipinski definition) is 4. The average molecular weight is 539 g/mol. The number of benzene rings is 1. The number of nitrogens with one attached hydrogen (secondary N) is 2. The van der Waals surface area contributed by atoms with Crippen LogP contribution in [0.5, 0.6) is 0 Å². The van der Waals surface area contributed by atoms with Gasteiger partial charge in [-0.25, -0.2) is 22.0 Å². The van der Waals surface area contributed by atoms with E-state index in [9.17, 15) is 31.5 Å². The van der Waals surface area contributed by atoms with Crippen LogP contribution in [0, 0.1) is 5.82 Å². The van der Waals surface area contributed by atoms with Crippen LogP contribution in [0.25, 0.3) is 0 Å². The van der Waals surface area contributed by atoms with Crippen LogP contribution >= 0.6 is 0 Å². The SMILES string of the molecule is CC(NC(=O)c1cn(C2(C(F)F)CC2)c(=O)cc1NC1CCN(C2CC2)CC1)c1cccc(C(F)F)c1F. The van der Waals surface area contributed by atoms with E-state index in [0.29, 0.717) is 6.04 Å². The summed E-state index contributed by atoms with van der Waals surface area (Å²) in [6, 6.07) is 4.35. The minimum absolute atomic E-state index is 0.0191. The number of piperidine rings is 1. The van der Waals surface area contributed by atoms with Gasteiger partial charge >= 0.3 is 0 Å². The predicted octanol–water partition coefficient (Wildman–Crippen LogP) is 5.21. The largest absolute Gasteiger partial charge is 0.381 e. The van der Waals surface area contributed by atoms with Gasteiger partial charge in [-0.3, -0.25) is 9.59 Å². The Bertz CT molecular complexity index is 1250. The quantitative estimate of drug-likeness (QED) is 0.431. The third-order valence-electron chi connectivity index (χ3n) is 8.01. The van der Waals surface area contributed by atoms with Crippen molar-refractivity contribution in [2.45, 2.75) is 82.0 Å². The molecule has 11 heteroatoms. The molecule has 2 heterocycles. The van der Waals surface area contributed by atoms with E-state index >= 15 is 0 Å². The maximum atomic E-state index is 14.7. The Morgan fingerprint density at radius 3 is 2.29 bits per heavy atom. The average Bonchev–Trinajstić information content (AvgIpc) is 3.79. The number of carbonyl (C=O) groups excluding carboxylic acids is 1. The molecule has 0 spiro atoms. The standard InChI is InChI=1S/C27H31F5N4O2/c1-15(18-3-2-4-19(23(18)28)24(29)30)33-25(38)20-14-36(27(9-10-27)26(31)32)22(37)13-21(20)34-16-7-11-35(12-8-16)17-5-6-17/h2-4,13-17,24,26,34H,5-12H2,1H3,(H,33,38). The van der Waals surface area contributed by atoms with E-state index in [1.165, 1.54) is 38.0 Å². The van der Waals surface area contributed by atoms with E-state index in [1.807, 2.05) is 0 Å². The molecule has 38 heavy (non-hydrogen) atoms. The number of likely N-dealkylation sites (tertiary alicyclic amines) is 1. The maximum absolute atomic E-state index is 14.7. The summed E-state index contributed by atoms with van der Waals surface area (Å²) in [5, 5.41) is 5.87. The van der Waals surface area contributed by atoms with Crippen molar-refractivity contribution in [2.24, 2.45) is 0 Å². The second-order valence-corrected chi connectivity index (χ2v) is 10.6. The van der Waals surface area contributed by atoms with Crippen LogP contribution < -0.4 is 16.2 Å². The molecule has 1 atom stereocenters. The summed E-state index contributed by atoms with van der Waals surface area (Å²) in [6.07, 6.45) is -0.443. The molecule has 1 aromatic carbocycles. The van der Waals surface area contributed by atoms with Crippen LogP contribution in [0.15, 0.2) is 35.3 Å². The van der Waals surface area contributed by atoms with Crippen LogP contribution in [0.3, 0.4) is 0 Å². The van der Waals surface area contributed by atoms with Crippen molar-refractivity contribution in [3.8, 4) is 0 Å². The number of nitrogens with zero attached hydrogens (tertiary/aromatic N) is 2. The van der Waals surface area contributed by atoms with Crippen LogP contribution in [0.2, 0.25) is 0 Å². The van der Waals surface area contributed by atoms with Crippen molar-refractivity contribution in [1.29, 1.82) is 0 Å². The monoisotopic (exact) mass is 538 g/mol. The highest BCUT2D eigenvalue weighted by Gasteiger charge is 2.53. The molecule has 1 aromatic heterocycles. The number of amides is 1. The lowest BCUT2D eigenvalue weighted by molar-refractivity contribution is 0.0648. The Balaban J connectivity index is 1.42. The van der Waals surface area contributed by atoms with Crippen molar-refractivity contribution >= 4 is 11.6 Å². The van der Waals surface area contributed by atoms with Crippen LogP contribution in [0.1, 0.15) is 79.4 Å². The van der Waals surface area contributed by atoms with Gasteiger partial charge in [-0.1, -0.05) is 18.2 Å². The highest BCUT2D eigenvalue weighted by Crippen LogP contribution is 2.48. The summed E-state index contributed by atoms with van der Waals surface area (Å²) in [5.41, 5.74) is -3.00. The smallest absolute Gasteiger partial charge is 0.266 e. The van der Waals surface area contributed by atoms with Gasteiger partial charge in [0.05, 0.1) is 22.9 Å². The van der Waals surface area contributed by atoms with Crippen molar-refractivity contribution in [1.82, 2.24) is 14.8 Å². The number of anilines is 1. The Morgan fingerprint density at radius 1 is 1.05 bits per heavy atom. The lowest BCUT2D eigenvalue weighted by Gasteiger charge is -2.33. The molecule has 2 N–H and O–H groups in total. The number of aromatic nitrogens is 1. The summed E-state index contributed by atoms with van der Waals surface area (Å²) in [6.45, 7) is 3.21. The first kappa shape index (κ1) is 26.6. The molecular formula is C27H31F5N4O2. The van der Waals surface area contributed by atoms with E-state index in [-0.39, 0.29) is 35.7 Å². The zero-order chi connectivity index (χ0) is 27.2. The Labute approximate surface area is 217 Å². The first-order valence-corrected chi connectivity index (χ1v) is 13.0. The molecule has 6 nitrogen and oxygen atoms in total. The van der Waals surface area contributed by atoms with Gasteiger partial charge in [-0.15, -0.1) is 0 Å². The molecule has 3 fully saturated rings. The third kappa shape index (κ3) is 5.17. The van der Waals surface area contributed by atoms with Gasteiger partial charge in [0.1, 0.15) is 11.4 Å². The number of carbonyl (C=O) groups is 1. The zero-order valence-electron chi connectivity index (χ0n) is 21.0. The minimum atomic E-state index is -3.02. The summed E-state index contributed by atoms with van der Waals surface area (Å²) >= 11 is 0. The molecule has 0 bridgehead atoms. The molecule has 1 unspecified atom stereocenters. The lowest BCUT2D eigenvalue weighted by atomic mass is 10.0. The number of hydrogen-bond donors (Lipinski definition) is 2. The molecule has 0 radical (unpaired) electrons. The van der Waals surface area contributed by atoms with E-state index in [1.54, 1.807) is 0 Å². The number of pyridine rings is 1. The summed E-state index contributed by atoms with van der Waals surface area (Å²) < 4.78 is 69.7. The van der Waals surface area contributed by atoms with E-state index in [0.717, 1.165) is 42.8 Å². The van der Waals surface area contributed by atoms with E-state index in [4.69, 9.17) is 0 Å². The number of alkyl halides is 4. The van der Waals surface area contributed by atoms with Gasteiger partial charge in [0.25, 0.3) is 24.3 Å². The first-order valence-electron chi connectivity index (χ1n) is 13.0. The summed E-state index contributed by atoms with van der Waals surface area (Å²) in [7, 11) is 0. The fourth-order valence-corrected chi connectivity index (χ4v) is 5.37. The second-order valence-electron chi connectivity index (χ2n) is 10.6. The van der Waals surface area contributed by atoms with Crippen molar-refractivity contribution < 1.29 is 26.7 Å². The maximum Gasteiger partial charge on any atom is 0.266 e. The number of rotatable bonds is 9. The molecule has 5 rings (SSSR count). The van der Waals surface area contributed by atoms with Gasteiger partial charge in [-0.05, 0) is 45.4 Å². The molecular weight excluding hydrogens is 507 g/mol. The summed E-state index contributed by atoms with van der Waals surface area (Å²) in [5.74, 6) is -1.84. The van der Waals surface area contributed by atoms with Gasteiger partial charge in [-0.2, -0.15) is 0 Å². The fourth-order valence-electron chi connectivity index (χ4n) is 5.37. The highest BCUT2D eigenvalue weighted by atomic mass is 19.3. The van der Waals surface area contributed by atoms with Gasteiger partial charge in [0.15, 0.2) is 0 Å². The molecule has 2 aliphatic carbocycles. The molecule has 2 aromatic rings. The normalized spacial score (nSPS) is 20.5. The first-order chi connectivity index (χ1) is 18.1. The molecule has 206 valence electrons. The Morgan fingerprint density at radius 2 is 1.71 bits per heavy atom. The van der Waals surface area contributed by atoms with Gasteiger partial charge in [0.2, 0.25) is 0 Å². The molecule has 1 aliphatic heterocycles. The van der Waals surface area contributed by atoms with Crippen LogP contribution in [0.4, 0.5) is 27.6 Å². The molecule has 1 saturated heterocycles. The van der Waals surface area contributed by atoms with Crippen LogP contribution in [-0.4, -0.2) is 47.0 Å². The number of halogens is 5. The van der Waals surface area contributed by atoms with Crippen molar-refractivity contribution in [3.63, 3.8) is 0 Å². The second kappa shape index (κ2) is 10.3. The van der Waals surface area contributed by atoms with E-state index < -0.39 is 47.3 Å². The highest BCUT2D eigenvalue weighted by molar-refractivity contribution is 5.99. The minimum Gasteiger partial charge on any atom is -0.381 e. The van der Waals surface area contributed by atoms with Gasteiger partial charge < -0.3 is 20.1 Å². The Kier molecular flexibility index (Phi) is 7.23. The van der Waals surface area contributed by atoms with Crippen molar-refractivity contribution in [2.75, 3.05) is 18.4 Å². The van der Waals surface area contributed by atoms with Crippen molar-refractivity contribution in [3.05, 3.63) is 63.3 Å². The third-order valence-corrected chi connectivity index (χ3v) is 8.01. The molecule has 2 saturated carbocycles. The van der Waals surface area contributed by atoms with Gasteiger partial charge in [0, 0.05) is 43.0 Å². The predicted molar refractivity (Wildman–Crippen MR) is 132 cm³/mol. The Hall–Kier alpha value is -2.95. The molecule has 1 amide bonds. The topological polar surface area (TPSA) is 66.4 Å². The van der Waals surface area contributed by atoms with Crippen LogP contribution in [-0.2, 0) is 5.54 Å². The zero-order valence-corrected chi connectivity index (χ0v) is 21.0. The lowest BCUT2D eigenvalue weighted by Crippen LogP contribution is -2.41. The van der Waals surface area contributed by atoms with E-state index in [2.05, 4.69) is 15.5 Å². The summed E-state index contributed by atoms with van der Waals surface area (Å²) in [4.78, 5) is 28.8. The molecule has 3 aliphatic rings.